The van der Waals surface area contributed by atoms with E-state index in [1.807, 2.05) is 6.07 Å². The van der Waals surface area contributed by atoms with Crippen molar-refractivity contribution < 1.29 is 4.79 Å². The van der Waals surface area contributed by atoms with Gasteiger partial charge in [0.25, 0.3) is 5.91 Å². The summed E-state index contributed by atoms with van der Waals surface area (Å²) in [5, 5.41) is 0. The average Bonchev–Trinajstić information content (AvgIpc) is 2.19. The Labute approximate surface area is 89.5 Å². The number of hydrogen-bond donors (Lipinski definition) is 0. The van der Waals surface area contributed by atoms with Crippen LogP contribution in [0.2, 0.25) is 0 Å². The maximum Gasteiger partial charge on any atom is 0.278 e. The molecule has 0 atom stereocenters. The van der Waals surface area contributed by atoms with Gasteiger partial charge >= 0.3 is 0 Å². The Morgan fingerprint density at radius 2 is 1.92 bits per heavy atom. The molecule has 5 heteroatoms. The van der Waals surface area contributed by atoms with Crippen molar-refractivity contribution in [3.8, 4) is 0 Å². The second kappa shape index (κ2) is 5.27. The van der Waals surface area contributed by atoms with Gasteiger partial charge in [0.05, 0.1) is 0 Å². The number of nitrogens with zero attached hydrogens (tertiary/aromatic N) is 1. The van der Waals surface area contributed by atoms with E-state index in [1.54, 1.807) is 24.3 Å². The second-order valence-corrected chi connectivity index (χ2v) is 3.70. The van der Waals surface area contributed by atoms with E-state index in [4.69, 9.17) is 22.3 Å². The third-order valence-electron chi connectivity index (χ3n) is 1.27. The van der Waals surface area contributed by atoms with E-state index >= 15 is 0 Å². The molecule has 1 rings (SSSR count). The molecule has 0 aliphatic carbocycles. The number of rotatable bonds is 1. The highest BCUT2D eigenvalue weighted by Gasteiger charge is 2.03. The van der Waals surface area contributed by atoms with Gasteiger partial charge in [0, 0.05) is 16.5 Å². The predicted octanol–water partition coefficient (Wildman–Crippen LogP) is 3.31. The number of halogens is 2. The van der Waals surface area contributed by atoms with Gasteiger partial charge < -0.3 is 0 Å². The van der Waals surface area contributed by atoms with Crippen LogP contribution in [-0.2, 0) is 0 Å². The van der Waals surface area contributed by atoms with Crippen LogP contribution in [0.4, 0.5) is 0 Å². The monoisotopic (exact) mass is 233 g/mol. The molecule has 0 radical (unpaired) electrons. The van der Waals surface area contributed by atoms with E-state index in [0.717, 1.165) is 0 Å². The summed E-state index contributed by atoms with van der Waals surface area (Å²) >= 11 is 5.47. The molecule has 0 fully saturated rings. The van der Waals surface area contributed by atoms with Gasteiger partial charge in [-0.2, -0.15) is 4.99 Å². The smallest absolute Gasteiger partial charge is 0.267 e. The van der Waals surface area contributed by atoms with E-state index in [2.05, 4.69) is 4.99 Å². The van der Waals surface area contributed by atoms with Crippen LogP contribution in [-0.4, -0.2) is 10.4 Å². The second-order valence-electron chi connectivity index (χ2n) is 2.11. The van der Waals surface area contributed by atoms with Crippen LogP contribution in [0.1, 0.15) is 10.4 Å². The zero-order chi connectivity index (χ0) is 9.68. The molecule has 0 heterocycles. The summed E-state index contributed by atoms with van der Waals surface area (Å²) in [5.74, 6) is -0.390. The van der Waals surface area contributed by atoms with Gasteiger partial charge in [-0.3, -0.25) is 4.79 Å². The maximum absolute atomic E-state index is 11.3. The first-order chi connectivity index (χ1) is 6.24. The van der Waals surface area contributed by atoms with Crippen LogP contribution in [0.5, 0.6) is 0 Å². The van der Waals surface area contributed by atoms with Crippen molar-refractivity contribution in [3.05, 3.63) is 35.9 Å². The molecule has 0 N–H and O–H groups in total. The summed E-state index contributed by atoms with van der Waals surface area (Å²) in [5.41, 5.74) is 0.492. The normalized spacial score (nSPS) is 11.4. The predicted molar refractivity (Wildman–Crippen MR) is 57.5 cm³/mol. The maximum atomic E-state index is 11.3. The lowest BCUT2D eigenvalue weighted by Crippen LogP contribution is -1.95. The summed E-state index contributed by atoms with van der Waals surface area (Å²) in [6.07, 6.45) is 0. The van der Waals surface area contributed by atoms with Crippen molar-refractivity contribution in [1.82, 2.24) is 0 Å². The Morgan fingerprint density at radius 3 is 2.46 bits per heavy atom. The average molecular weight is 234 g/mol. The summed E-state index contributed by atoms with van der Waals surface area (Å²) in [7, 11) is 6.00. The van der Waals surface area contributed by atoms with Crippen LogP contribution in [0.15, 0.2) is 35.3 Å². The van der Waals surface area contributed by atoms with E-state index in [9.17, 15) is 4.79 Å². The van der Waals surface area contributed by atoms with Gasteiger partial charge in [0.1, 0.15) is 0 Å². The Kier molecular flexibility index (Phi) is 4.28. The number of aliphatic imine (C=N–C) groups is 1. The lowest BCUT2D eigenvalue weighted by Gasteiger charge is -1.93. The molecule has 68 valence electrons. The largest absolute Gasteiger partial charge is 0.278 e. The molecule has 1 aromatic carbocycles. The third kappa shape index (κ3) is 3.38. The van der Waals surface area contributed by atoms with E-state index < -0.39 is 5.91 Å². The zero-order valence-corrected chi connectivity index (χ0v) is 8.73. The molecule has 0 saturated carbocycles. The molecular weight excluding hydrogens is 229 g/mol. The SMILES string of the molecule is O=C(N=C(Cl)SCl)c1ccccc1. The van der Waals surface area contributed by atoms with Crippen molar-refractivity contribution in [1.29, 1.82) is 0 Å². The van der Waals surface area contributed by atoms with Crippen molar-refractivity contribution in [2.24, 2.45) is 4.99 Å². The van der Waals surface area contributed by atoms with Gasteiger partial charge in [-0.05, 0) is 22.8 Å². The highest BCUT2D eigenvalue weighted by atomic mass is 35.7. The standard InChI is InChI=1S/C8H5Cl2NOS/c9-8(13-10)11-7(12)6-4-2-1-3-5-6/h1-5H. The van der Waals surface area contributed by atoms with Crippen LogP contribution < -0.4 is 0 Å². The van der Waals surface area contributed by atoms with E-state index in [-0.39, 0.29) is 4.50 Å². The minimum Gasteiger partial charge on any atom is -0.267 e. The van der Waals surface area contributed by atoms with E-state index in [1.165, 1.54) is 0 Å². The highest BCUT2D eigenvalue weighted by molar-refractivity contribution is 8.34. The summed E-state index contributed by atoms with van der Waals surface area (Å²) < 4.78 is 0.0236. The molecule has 1 aromatic rings. The van der Waals surface area contributed by atoms with Crippen LogP contribution in [0.3, 0.4) is 0 Å². The highest BCUT2D eigenvalue weighted by Crippen LogP contribution is 2.14. The molecule has 0 aliphatic heterocycles. The van der Waals surface area contributed by atoms with Gasteiger partial charge in [0.15, 0.2) is 4.50 Å². The fourth-order valence-corrected chi connectivity index (χ4v) is 1.04. The summed E-state index contributed by atoms with van der Waals surface area (Å²) in [6, 6.07) is 8.65. The van der Waals surface area contributed by atoms with E-state index in [0.29, 0.717) is 16.5 Å². The molecular formula is C8H5Cl2NOS. The Morgan fingerprint density at radius 1 is 1.31 bits per heavy atom. The van der Waals surface area contributed by atoms with Crippen molar-refractivity contribution >= 4 is 43.7 Å². The Bertz CT molecular complexity index is 326. The molecule has 0 spiro atoms. The van der Waals surface area contributed by atoms with Crippen LogP contribution in [0, 0.1) is 0 Å². The first kappa shape index (κ1) is 10.6. The zero-order valence-electron chi connectivity index (χ0n) is 6.41. The molecule has 13 heavy (non-hydrogen) atoms. The van der Waals surface area contributed by atoms with Crippen molar-refractivity contribution in [2.75, 3.05) is 0 Å². The Hall–Kier alpha value is -0.510. The Balaban J connectivity index is 2.81. The van der Waals surface area contributed by atoms with Crippen molar-refractivity contribution in [3.63, 3.8) is 0 Å². The molecule has 0 saturated heterocycles. The quantitative estimate of drug-likeness (QED) is 0.551. The van der Waals surface area contributed by atoms with Crippen molar-refractivity contribution in [2.45, 2.75) is 0 Å². The first-order valence-electron chi connectivity index (χ1n) is 3.36. The topological polar surface area (TPSA) is 29.4 Å². The number of carbonyl (C=O) groups excluding carboxylic acids is 1. The number of hydrogen-bond acceptors (Lipinski definition) is 2. The first-order valence-corrected chi connectivity index (χ1v) is 5.38. The minimum atomic E-state index is -0.390. The number of amides is 1. The van der Waals surface area contributed by atoms with Crippen LogP contribution in [0.25, 0.3) is 0 Å². The molecule has 0 bridgehead atoms. The molecule has 1 amide bonds. The molecule has 0 aliphatic rings. The van der Waals surface area contributed by atoms with Crippen LogP contribution >= 0.6 is 33.3 Å². The van der Waals surface area contributed by atoms with Gasteiger partial charge in [-0.1, -0.05) is 29.8 Å². The number of benzene rings is 1. The van der Waals surface area contributed by atoms with Gasteiger partial charge in [-0.25, -0.2) is 0 Å². The number of carbonyl (C=O) groups is 1. The van der Waals surface area contributed by atoms with Gasteiger partial charge in [-0.15, -0.1) is 0 Å². The lowest BCUT2D eigenvalue weighted by atomic mass is 10.2. The molecule has 0 unspecified atom stereocenters. The molecule has 0 aromatic heterocycles. The minimum absolute atomic E-state index is 0.0236. The summed E-state index contributed by atoms with van der Waals surface area (Å²) in [4.78, 5) is 14.8. The molecule has 2 nitrogen and oxygen atoms in total. The fraction of sp³-hybridized carbons (Fsp3) is 0. The third-order valence-corrected chi connectivity index (χ3v) is 2.48. The van der Waals surface area contributed by atoms with Gasteiger partial charge in [0.2, 0.25) is 0 Å². The lowest BCUT2D eigenvalue weighted by molar-refractivity contribution is 0.100. The summed E-state index contributed by atoms with van der Waals surface area (Å²) in [6.45, 7) is 0. The fourth-order valence-electron chi connectivity index (χ4n) is 0.742.